The van der Waals surface area contributed by atoms with Crippen LogP contribution >= 0.6 is 0 Å². The van der Waals surface area contributed by atoms with Gasteiger partial charge >= 0.3 is 5.97 Å². The predicted octanol–water partition coefficient (Wildman–Crippen LogP) is 7.04. The molecule has 0 spiro atoms. The first-order valence-electron chi connectivity index (χ1n) is 12.8. The maximum absolute atomic E-state index is 12.0. The van der Waals surface area contributed by atoms with E-state index in [4.69, 9.17) is 4.74 Å². The average molecular weight is 480 g/mol. The van der Waals surface area contributed by atoms with E-state index in [0.29, 0.717) is 18.5 Å². The normalized spacial score (nSPS) is 17.9. The van der Waals surface area contributed by atoms with Crippen molar-refractivity contribution in [3.63, 3.8) is 0 Å². The molecular weight excluding hydrogens is 446 g/mol. The standard InChI is InChI=1S/C32H33NO3/c1-4-25-20(2)16-23(17-30(25)32(34)35)29-18-24(36-31-15-8-7-13-28(29)31)19-33-21(3)26-14-9-11-22-10-5-6-12-27(22)26/h5-17,21,24,29,33H,4,18-19H2,1-3H3,(H,34,35)/t21-,24-,29+/m1/s1. The Bertz CT molecular complexity index is 1400. The number of carboxylic acids is 1. The molecule has 0 aromatic heterocycles. The number of ether oxygens (including phenoxy) is 1. The summed E-state index contributed by atoms with van der Waals surface area (Å²) in [6.45, 7) is 6.93. The van der Waals surface area contributed by atoms with Crippen molar-refractivity contribution >= 4 is 16.7 Å². The zero-order chi connectivity index (χ0) is 25.2. The molecule has 5 rings (SSSR count). The number of carboxylic acid groups (broad SMARTS) is 1. The van der Waals surface area contributed by atoms with E-state index >= 15 is 0 Å². The quantitative estimate of drug-likeness (QED) is 0.298. The van der Waals surface area contributed by atoms with Crippen LogP contribution < -0.4 is 10.1 Å². The van der Waals surface area contributed by atoms with Gasteiger partial charge in [-0.15, -0.1) is 0 Å². The molecule has 0 saturated heterocycles. The van der Waals surface area contributed by atoms with Crippen LogP contribution in [0.3, 0.4) is 0 Å². The fraction of sp³-hybridized carbons (Fsp3) is 0.281. The fourth-order valence-corrected chi connectivity index (χ4v) is 5.69. The molecule has 4 heteroatoms. The second kappa shape index (κ2) is 10.2. The maximum atomic E-state index is 12.0. The lowest BCUT2D eigenvalue weighted by Gasteiger charge is -2.34. The van der Waals surface area contributed by atoms with Crippen molar-refractivity contribution in [3.8, 4) is 5.75 Å². The third-order valence-electron chi connectivity index (χ3n) is 7.51. The minimum Gasteiger partial charge on any atom is -0.489 e. The molecule has 3 atom stereocenters. The second-order valence-corrected chi connectivity index (χ2v) is 9.79. The number of rotatable bonds is 7. The highest BCUT2D eigenvalue weighted by Crippen LogP contribution is 2.41. The number of fused-ring (bicyclic) bond motifs is 2. The first-order chi connectivity index (χ1) is 17.5. The van der Waals surface area contributed by atoms with Gasteiger partial charge < -0.3 is 15.2 Å². The van der Waals surface area contributed by atoms with Gasteiger partial charge in [-0.2, -0.15) is 0 Å². The van der Waals surface area contributed by atoms with E-state index in [9.17, 15) is 9.90 Å². The Labute approximate surface area is 212 Å². The van der Waals surface area contributed by atoms with Gasteiger partial charge in [0.2, 0.25) is 0 Å². The second-order valence-electron chi connectivity index (χ2n) is 9.79. The van der Waals surface area contributed by atoms with Gasteiger partial charge in [0.15, 0.2) is 0 Å². The van der Waals surface area contributed by atoms with E-state index < -0.39 is 5.97 Å². The van der Waals surface area contributed by atoms with Crippen molar-refractivity contribution in [2.45, 2.75) is 51.7 Å². The highest BCUT2D eigenvalue weighted by molar-refractivity contribution is 5.90. The molecule has 4 aromatic rings. The molecule has 184 valence electrons. The average Bonchev–Trinajstić information content (AvgIpc) is 2.90. The van der Waals surface area contributed by atoms with Crippen molar-refractivity contribution in [1.29, 1.82) is 0 Å². The van der Waals surface area contributed by atoms with Crippen LogP contribution in [0.4, 0.5) is 0 Å². The van der Waals surface area contributed by atoms with Gasteiger partial charge in [0.05, 0.1) is 5.56 Å². The SMILES string of the molecule is CCc1c(C)cc([C@@H]2C[C@H](CN[C@H](C)c3cccc4ccccc34)Oc3ccccc32)cc1C(=O)O. The largest absolute Gasteiger partial charge is 0.489 e. The van der Waals surface area contributed by atoms with Crippen LogP contribution in [0.25, 0.3) is 10.8 Å². The minimum absolute atomic E-state index is 0.0261. The Morgan fingerprint density at radius 3 is 2.61 bits per heavy atom. The number of hydrogen-bond acceptors (Lipinski definition) is 3. The zero-order valence-electron chi connectivity index (χ0n) is 21.1. The molecule has 4 nitrogen and oxygen atoms in total. The summed E-state index contributed by atoms with van der Waals surface area (Å²) in [5.74, 6) is 0.101. The number of carbonyl (C=O) groups is 1. The molecule has 36 heavy (non-hydrogen) atoms. The summed E-state index contributed by atoms with van der Waals surface area (Å²) in [6.07, 6.45) is 1.47. The molecule has 0 radical (unpaired) electrons. The van der Waals surface area contributed by atoms with Gasteiger partial charge in [0.25, 0.3) is 0 Å². The summed E-state index contributed by atoms with van der Waals surface area (Å²) in [5.41, 5.74) is 5.80. The first kappa shape index (κ1) is 24.1. The number of aryl methyl sites for hydroxylation is 1. The van der Waals surface area contributed by atoms with Crippen LogP contribution in [0, 0.1) is 6.92 Å². The molecule has 0 aliphatic carbocycles. The van der Waals surface area contributed by atoms with Crippen molar-refractivity contribution in [2.24, 2.45) is 0 Å². The fourth-order valence-electron chi connectivity index (χ4n) is 5.69. The van der Waals surface area contributed by atoms with E-state index in [1.54, 1.807) is 0 Å². The van der Waals surface area contributed by atoms with Crippen LogP contribution in [-0.4, -0.2) is 23.7 Å². The maximum Gasteiger partial charge on any atom is 0.335 e. The Balaban J connectivity index is 1.42. The lowest BCUT2D eigenvalue weighted by atomic mass is 9.81. The van der Waals surface area contributed by atoms with Gasteiger partial charge in [0, 0.05) is 24.1 Å². The summed E-state index contributed by atoms with van der Waals surface area (Å²) in [7, 11) is 0. The van der Waals surface area contributed by atoms with Gasteiger partial charge in [-0.3, -0.25) is 0 Å². The molecule has 1 aliphatic rings. The highest BCUT2D eigenvalue weighted by atomic mass is 16.5. The summed E-state index contributed by atoms with van der Waals surface area (Å²) in [6, 6.07) is 27.3. The summed E-state index contributed by atoms with van der Waals surface area (Å²) in [5, 5.41) is 16.1. The first-order valence-corrected chi connectivity index (χ1v) is 12.8. The number of para-hydroxylation sites is 1. The molecule has 0 fully saturated rings. The van der Waals surface area contributed by atoms with Crippen LogP contribution in [0.5, 0.6) is 5.75 Å². The molecule has 1 heterocycles. The van der Waals surface area contributed by atoms with Gasteiger partial charge in [-0.1, -0.05) is 73.7 Å². The van der Waals surface area contributed by atoms with E-state index in [-0.39, 0.29) is 18.1 Å². The number of benzene rings is 4. The molecule has 4 aromatic carbocycles. The van der Waals surface area contributed by atoms with E-state index in [0.717, 1.165) is 34.4 Å². The van der Waals surface area contributed by atoms with E-state index in [1.165, 1.54) is 16.3 Å². The van der Waals surface area contributed by atoms with Crippen LogP contribution in [0.2, 0.25) is 0 Å². The van der Waals surface area contributed by atoms with Crippen molar-refractivity contribution in [2.75, 3.05) is 6.54 Å². The minimum atomic E-state index is -0.862. The molecule has 0 unspecified atom stereocenters. The van der Waals surface area contributed by atoms with Crippen molar-refractivity contribution in [1.82, 2.24) is 5.32 Å². The number of aromatic carboxylic acids is 1. The van der Waals surface area contributed by atoms with Crippen molar-refractivity contribution in [3.05, 3.63) is 112 Å². The molecule has 0 bridgehead atoms. The molecule has 2 N–H and O–H groups in total. The monoisotopic (exact) mass is 479 g/mol. The van der Waals surface area contributed by atoms with Crippen LogP contribution in [0.15, 0.2) is 78.9 Å². The lowest BCUT2D eigenvalue weighted by molar-refractivity contribution is 0.0695. The molecule has 0 saturated carbocycles. The van der Waals surface area contributed by atoms with Crippen LogP contribution in [-0.2, 0) is 6.42 Å². The van der Waals surface area contributed by atoms with Gasteiger partial charge in [0.1, 0.15) is 11.9 Å². The summed E-state index contributed by atoms with van der Waals surface area (Å²) >= 11 is 0. The number of hydrogen-bond donors (Lipinski definition) is 2. The van der Waals surface area contributed by atoms with E-state index in [2.05, 4.69) is 66.8 Å². The summed E-state index contributed by atoms with van der Waals surface area (Å²) in [4.78, 5) is 12.0. The Morgan fingerprint density at radius 2 is 1.81 bits per heavy atom. The lowest BCUT2D eigenvalue weighted by Crippen LogP contribution is -2.37. The predicted molar refractivity (Wildman–Crippen MR) is 145 cm³/mol. The zero-order valence-corrected chi connectivity index (χ0v) is 21.1. The Hall–Kier alpha value is -3.63. The van der Waals surface area contributed by atoms with Gasteiger partial charge in [-0.05, 0) is 71.8 Å². The Kier molecular flexibility index (Phi) is 6.80. The van der Waals surface area contributed by atoms with Crippen LogP contribution in [0.1, 0.15) is 70.4 Å². The van der Waals surface area contributed by atoms with E-state index in [1.807, 2.05) is 38.1 Å². The molecule has 1 aliphatic heterocycles. The molecule has 0 amide bonds. The highest BCUT2D eigenvalue weighted by Gasteiger charge is 2.30. The van der Waals surface area contributed by atoms with Crippen molar-refractivity contribution < 1.29 is 14.6 Å². The third kappa shape index (κ3) is 4.61. The smallest absolute Gasteiger partial charge is 0.335 e. The topological polar surface area (TPSA) is 58.6 Å². The third-order valence-corrected chi connectivity index (χ3v) is 7.51. The molecular formula is C32H33NO3. The summed E-state index contributed by atoms with van der Waals surface area (Å²) < 4.78 is 6.43. The Morgan fingerprint density at radius 1 is 1.06 bits per heavy atom. The number of nitrogens with one attached hydrogen (secondary N) is 1. The van der Waals surface area contributed by atoms with Gasteiger partial charge in [-0.25, -0.2) is 4.79 Å².